The Hall–Kier alpha value is -1.65. The average molecular weight is 518 g/mol. The number of rotatable bonds is 26. The van der Waals surface area contributed by atoms with E-state index in [0.717, 1.165) is 57.8 Å². The van der Waals surface area contributed by atoms with Gasteiger partial charge in [-0.25, -0.2) is 0 Å². The zero-order valence-corrected chi connectivity index (χ0v) is 24.2. The maximum absolute atomic E-state index is 12.2. The van der Waals surface area contributed by atoms with Crippen LogP contribution in [0.3, 0.4) is 0 Å². The molecule has 2 unspecified atom stereocenters. The van der Waals surface area contributed by atoms with Crippen LogP contribution < -0.4 is 5.32 Å². The number of hydrogen-bond acceptors (Lipinski definition) is 3. The van der Waals surface area contributed by atoms with E-state index in [9.17, 15) is 15.0 Å². The molecule has 0 aliphatic carbocycles. The van der Waals surface area contributed by atoms with Gasteiger partial charge in [0.15, 0.2) is 0 Å². The van der Waals surface area contributed by atoms with Crippen molar-refractivity contribution in [2.24, 2.45) is 0 Å². The van der Waals surface area contributed by atoms with Crippen LogP contribution in [0.15, 0.2) is 48.6 Å². The fraction of sp³-hybridized carbons (Fsp3) is 0.727. The van der Waals surface area contributed by atoms with E-state index in [1.807, 2.05) is 6.08 Å². The van der Waals surface area contributed by atoms with Gasteiger partial charge in [0, 0.05) is 6.42 Å². The third-order valence-electron chi connectivity index (χ3n) is 6.52. The van der Waals surface area contributed by atoms with E-state index in [1.165, 1.54) is 57.8 Å². The summed E-state index contributed by atoms with van der Waals surface area (Å²) in [5, 5.41) is 22.7. The Kier molecular flexibility index (Phi) is 27.6. The Bertz CT molecular complexity index is 609. The summed E-state index contributed by atoms with van der Waals surface area (Å²) in [7, 11) is 0. The van der Waals surface area contributed by atoms with E-state index in [-0.39, 0.29) is 12.5 Å². The van der Waals surface area contributed by atoms with Crippen molar-refractivity contribution in [3.63, 3.8) is 0 Å². The van der Waals surface area contributed by atoms with Gasteiger partial charge in [0.05, 0.1) is 18.8 Å². The van der Waals surface area contributed by atoms with Crippen LogP contribution in [0.1, 0.15) is 136 Å². The molecule has 3 N–H and O–H groups in total. The minimum atomic E-state index is -0.869. The van der Waals surface area contributed by atoms with Gasteiger partial charge in [0.1, 0.15) is 0 Å². The Morgan fingerprint density at radius 2 is 1.14 bits per heavy atom. The highest BCUT2D eigenvalue weighted by Crippen LogP contribution is 2.10. The van der Waals surface area contributed by atoms with Crippen molar-refractivity contribution in [1.82, 2.24) is 5.32 Å². The molecule has 0 heterocycles. The molecule has 0 aromatic rings. The van der Waals surface area contributed by atoms with Crippen molar-refractivity contribution in [2.45, 2.75) is 148 Å². The molecule has 2 atom stereocenters. The van der Waals surface area contributed by atoms with Gasteiger partial charge in [-0.3, -0.25) is 4.79 Å². The van der Waals surface area contributed by atoms with Gasteiger partial charge in [0.25, 0.3) is 0 Å². The summed E-state index contributed by atoms with van der Waals surface area (Å²) in [4.78, 5) is 12.2. The molecule has 0 aromatic carbocycles. The van der Waals surface area contributed by atoms with Crippen LogP contribution >= 0.6 is 0 Å². The first-order valence-electron chi connectivity index (χ1n) is 15.4. The third-order valence-corrected chi connectivity index (χ3v) is 6.52. The van der Waals surface area contributed by atoms with Crippen molar-refractivity contribution in [2.75, 3.05) is 6.61 Å². The van der Waals surface area contributed by atoms with Crippen molar-refractivity contribution < 1.29 is 15.0 Å². The molecule has 4 heteroatoms. The SMILES string of the molecule is CC/C=C/CC/C=C/CC/C=C/C(O)C(CO)NC(=O)CCCCCCC/C=C\CCCCCCCC. The molecule has 4 nitrogen and oxygen atoms in total. The van der Waals surface area contributed by atoms with Gasteiger partial charge in [0.2, 0.25) is 5.91 Å². The lowest BCUT2D eigenvalue weighted by atomic mass is 10.1. The quantitative estimate of drug-likeness (QED) is 0.0795. The predicted octanol–water partition coefficient (Wildman–Crippen LogP) is 8.50. The molecule has 0 aliphatic rings. The van der Waals surface area contributed by atoms with Crippen LogP contribution in [0.4, 0.5) is 0 Å². The minimum Gasteiger partial charge on any atom is -0.394 e. The zero-order chi connectivity index (χ0) is 27.2. The fourth-order valence-electron chi connectivity index (χ4n) is 4.15. The summed E-state index contributed by atoms with van der Waals surface area (Å²) in [6.45, 7) is 4.13. The summed E-state index contributed by atoms with van der Waals surface area (Å²) >= 11 is 0. The lowest BCUT2D eigenvalue weighted by Gasteiger charge is -2.19. The van der Waals surface area contributed by atoms with Gasteiger partial charge in [-0.1, -0.05) is 114 Å². The number of amides is 1. The first-order valence-corrected chi connectivity index (χ1v) is 15.4. The van der Waals surface area contributed by atoms with Crippen LogP contribution in [0.2, 0.25) is 0 Å². The third kappa shape index (κ3) is 25.8. The highest BCUT2D eigenvalue weighted by atomic mass is 16.3. The monoisotopic (exact) mass is 517 g/mol. The van der Waals surface area contributed by atoms with E-state index in [1.54, 1.807) is 6.08 Å². The molecule has 0 saturated carbocycles. The molecule has 0 fully saturated rings. The van der Waals surface area contributed by atoms with Crippen LogP contribution in [0, 0.1) is 0 Å². The number of allylic oxidation sites excluding steroid dienone is 7. The van der Waals surface area contributed by atoms with Crippen molar-refractivity contribution in [3.05, 3.63) is 48.6 Å². The second kappa shape index (κ2) is 28.9. The summed E-state index contributed by atoms with van der Waals surface area (Å²) in [6.07, 6.45) is 37.6. The lowest BCUT2D eigenvalue weighted by molar-refractivity contribution is -0.123. The van der Waals surface area contributed by atoms with Crippen LogP contribution in [0.5, 0.6) is 0 Å². The van der Waals surface area contributed by atoms with Crippen LogP contribution in [-0.2, 0) is 4.79 Å². The maximum atomic E-state index is 12.2. The topological polar surface area (TPSA) is 69.6 Å². The first kappa shape index (κ1) is 35.4. The van der Waals surface area contributed by atoms with Crippen molar-refractivity contribution in [3.8, 4) is 0 Å². The minimum absolute atomic E-state index is 0.0933. The van der Waals surface area contributed by atoms with E-state index in [0.29, 0.717) is 6.42 Å². The average Bonchev–Trinajstić information content (AvgIpc) is 2.90. The largest absolute Gasteiger partial charge is 0.394 e. The second-order valence-corrected chi connectivity index (χ2v) is 10.1. The Morgan fingerprint density at radius 3 is 1.70 bits per heavy atom. The highest BCUT2D eigenvalue weighted by Gasteiger charge is 2.17. The number of nitrogens with one attached hydrogen (secondary N) is 1. The van der Waals surface area contributed by atoms with Gasteiger partial charge >= 0.3 is 0 Å². The molecule has 0 aliphatic heterocycles. The van der Waals surface area contributed by atoms with Gasteiger partial charge in [-0.2, -0.15) is 0 Å². The molecule has 37 heavy (non-hydrogen) atoms. The second-order valence-electron chi connectivity index (χ2n) is 10.1. The summed E-state index contributed by atoms with van der Waals surface area (Å²) < 4.78 is 0. The number of carbonyl (C=O) groups excluding carboxylic acids is 1. The zero-order valence-electron chi connectivity index (χ0n) is 24.2. The van der Waals surface area contributed by atoms with Crippen LogP contribution in [-0.4, -0.2) is 34.9 Å². The van der Waals surface area contributed by atoms with E-state index < -0.39 is 12.1 Å². The lowest BCUT2D eigenvalue weighted by Crippen LogP contribution is -2.45. The first-order chi connectivity index (χ1) is 18.2. The van der Waals surface area contributed by atoms with Crippen molar-refractivity contribution >= 4 is 5.91 Å². The van der Waals surface area contributed by atoms with Gasteiger partial charge < -0.3 is 15.5 Å². The van der Waals surface area contributed by atoms with Crippen molar-refractivity contribution in [1.29, 1.82) is 0 Å². The molecule has 1 amide bonds. The Balaban J connectivity index is 3.75. The number of aliphatic hydroxyl groups excluding tert-OH is 2. The summed E-state index contributed by atoms with van der Waals surface area (Å²) in [5.74, 6) is -0.0933. The summed E-state index contributed by atoms with van der Waals surface area (Å²) in [5.41, 5.74) is 0. The number of carbonyl (C=O) groups is 1. The number of hydrogen-bond donors (Lipinski definition) is 3. The molecule has 0 rings (SSSR count). The molecule has 0 spiro atoms. The van der Waals surface area contributed by atoms with E-state index >= 15 is 0 Å². The van der Waals surface area contributed by atoms with Crippen LogP contribution in [0.25, 0.3) is 0 Å². The predicted molar refractivity (Wildman–Crippen MR) is 161 cm³/mol. The smallest absolute Gasteiger partial charge is 0.220 e. The number of unbranched alkanes of at least 4 members (excludes halogenated alkanes) is 13. The molecule has 0 saturated heterocycles. The van der Waals surface area contributed by atoms with Gasteiger partial charge in [-0.15, -0.1) is 0 Å². The number of aliphatic hydroxyl groups is 2. The van der Waals surface area contributed by atoms with Gasteiger partial charge in [-0.05, 0) is 64.2 Å². The molecule has 0 aromatic heterocycles. The molecule has 0 radical (unpaired) electrons. The van der Waals surface area contributed by atoms with E-state index in [4.69, 9.17) is 0 Å². The molecule has 0 bridgehead atoms. The fourth-order valence-corrected chi connectivity index (χ4v) is 4.15. The standard InChI is InChI=1S/C33H59NO3/c1-3-5-7-9-11-13-15-16-17-18-19-21-23-25-27-29-33(37)34-31(30-35)32(36)28-26-24-22-20-14-12-10-8-6-4-2/h6,8,14,16-17,20,26,28,31-32,35-36H,3-5,7,9-13,15,18-19,21-25,27,29-30H2,1-2H3,(H,34,37)/b8-6+,17-16-,20-14+,28-26+. The maximum Gasteiger partial charge on any atom is 0.220 e. The molecular weight excluding hydrogens is 458 g/mol. The van der Waals surface area contributed by atoms with E-state index in [2.05, 4.69) is 55.6 Å². The Morgan fingerprint density at radius 1 is 0.649 bits per heavy atom. The normalized spacial score (nSPS) is 13.9. The molecular formula is C33H59NO3. The summed E-state index contributed by atoms with van der Waals surface area (Å²) in [6, 6.07) is -0.646. The molecule has 214 valence electrons. The Labute approximate surface area is 229 Å². The highest BCUT2D eigenvalue weighted by molar-refractivity contribution is 5.76.